The van der Waals surface area contributed by atoms with Crippen molar-refractivity contribution in [2.45, 2.75) is 45.4 Å². The Balaban J connectivity index is 1.71. The van der Waals surface area contributed by atoms with Crippen molar-refractivity contribution in [3.8, 4) is 0 Å². The average molecular weight is 473 g/mol. The molecule has 1 aliphatic heterocycles. The lowest BCUT2D eigenvalue weighted by molar-refractivity contribution is -0.117. The van der Waals surface area contributed by atoms with Crippen LogP contribution < -0.4 is 16.0 Å². The number of anilines is 2. The fourth-order valence-electron chi connectivity index (χ4n) is 4.14. The van der Waals surface area contributed by atoms with Gasteiger partial charge in [-0.3, -0.25) is 14.9 Å². The highest BCUT2D eigenvalue weighted by Gasteiger charge is 2.29. The number of para-hydroxylation sites is 1. The topological polar surface area (TPSA) is 82.6 Å². The van der Waals surface area contributed by atoms with Crippen LogP contribution in [0.3, 0.4) is 0 Å². The molecule has 1 aliphatic rings. The zero-order chi connectivity index (χ0) is 25.2. The molecule has 0 fully saturated rings. The van der Waals surface area contributed by atoms with Gasteiger partial charge in [0, 0.05) is 16.9 Å². The summed E-state index contributed by atoms with van der Waals surface area (Å²) in [5.74, 6) is -0.852. The highest BCUT2D eigenvalue weighted by Crippen LogP contribution is 2.36. The maximum Gasteiger partial charge on any atom is 0.257 e. The zero-order valence-corrected chi connectivity index (χ0v) is 20.3. The standard InChI is InChI=1S/C28H29FN4O2/c1-5-20-21-16-19(14-15-23(21)31-26(20)35)30-27(33-25(34)17-10-12-18(29)13-11-17)32-24-9-7-6-8-22(24)28(2,3)4/h6-16,20H,5H2,1-4H3,(H,31,35)(H2,30,32,33,34). The number of hydrogen-bond acceptors (Lipinski definition) is 3. The van der Waals surface area contributed by atoms with E-state index in [1.54, 1.807) is 0 Å². The van der Waals surface area contributed by atoms with E-state index in [1.807, 2.05) is 49.4 Å². The molecule has 1 atom stereocenters. The van der Waals surface area contributed by atoms with Gasteiger partial charge < -0.3 is 10.6 Å². The summed E-state index contributed by atoms with van der Waals surface area (Å²) < 4.78 is 13.3. The minimum atomic E-state index is -0.422. The quantitative estimate of drug-likeness (QED) is 0.317. The summed E-state index contributed by atoms with van der Waals surface area (Å²) in [7, 11) is 0. The summed E-state index contributed by atoms with van der Waals surface area (Å²) >= 11 is 0. The maximum atomic E-state index is 13.3. The molecule has 1 unspecified atom stereocenters. The van der Waals surface area contributed by atoms with E-state index in [4.69, 9.17) is 4.99 Å². The number of rotatable bonds is 4. The molecule has 0 aromatic heterocycles. The molecule has 180 valence electrons. The second-order valence-electron chi connectivity index (χ2n) is 9.57. The van der Waals surface area contributed by atoms with Gasteiger partial charge in [0.2, 0.25) is 11.9 Å². The molecule has 4 rings (SSSR count). The molecular formula is C28H29FN4O2. The number of benzene rings is 3. The predicted molar refractivity (Wildman–Crippen MR) is 138 cm³/mol. The highest BCUT2D eigenvalue weighted by atomic mass is 19.1. The molecule has 3 aromatic carbocycles. The van der Waals surface area contributed by atoms with Gasteiger partial charge in [0.25, 0.3) is 5.91 Å². The Bertz CT molecular complexity index is 1290. The van der Waals surface area contributed by atoms with Crippen LogP contribution >= 0.6 is 0 Å². The van der Waals surface area contributed by atoms with Gasteiger partial charge in [-0.15, -0.1) is 0 Å². The summed E-state index contributed by atoms with van der Waals surface area (Å²) in [6, 6.07) is 18.6. The number of carbonyl (C=O) groups excluding carboxylic acids is 2. The van der Waals surface area contributed by atoms with Crippen molar-refractivity contribution in [3.05, 3.63) is 89.2 Å². The van der Waals surface area contributed by atoms with Crippen LogP contribution in [0.4, 0.5) is 21.5 Å². The average Bonchev–Trinajstić information content (AvgIpc) is 3.13. The summed E-state index contributed by atoms with van der Waals surface area (Å²) in [5, 5.41) is 8.94. The first-order valence-electron chi connectivity index (χ1n) is 11.6. The SMILES string of the molecule is CCC1C(=O)Nc2ccc(NC(=Nc3ccccc3C(C)(C)C)NC(=O)c3ccc(F)cc3)cc21. The molecule has 0 spiro atoms. The Kier molecular flexibility index (Phi) is 6.69. The largest absolute Gasteiger partial charge is 0.326 e. The number of aliphatic imine (C=N–C) groups is 1. The normalized spacial score (nSPS) is 15.4. The van der Waals surface area contributed by atoms with E-state index in [9.17, 15) is 14.0 Å². The van der Waals surface area contributed by atoms with Gasteiger partial charge >= 0.3 is 0 Å². The summed E-state index contributed by atoms with van der Waals surface area (Å²) in [6.45, 7) is 8.27. The summed E-state index contributed by atoms with van der Waals surface area (Å²) in [5.41, 5.74) is 4.25. The lowest BCUT2D eigenvalue weighted by atomic mass is 9.86. The number of hydrogen-bond donors (Lipinski definition) is 3. The van der Waals surface area contributed by atoms with Crippen molar-refractivity contribution in [2.75, 3.05) is 10.6 Å². The second kappa shape index (κ2) is 9.70. The van der Waals surface area contributed by atoms with Crippen LogP contribution in [0.15, 0.2) is 71.7 Å². The Labute approximate surface area is 204 Å². The first-order valence-corrected chi connectivity index (χ1v) is 11.6. The Morgan fingerprint density at radius 2 is 1.77 bits per heavy atom. The molecule has 3 aromatic rings. The number of amides is 2. The number of carbonyl (C=O) groups is 2. The highest BCUT2D eigenvalue weighted by molar-refractivity contribution is 6.11. The van der Waals surface area contributed by atoms with Crippen LogP contribution in [0.1, 0.15) is 61.5 Å². The summed E-state index contributed by atoms with van der Waals surface area (Å²) in [6.07, 6.45) is 0.684. The van der Waals surface area contributed by atoms with E-state index in [0.29, 0.717) is 23.4 Å². The molecule has 0 saturated heterocycles. The Morgan fingerprint density at radius 1 is 1.06 bits per heavy atom. The van der Waals surface area contributed by atoms with E-state index in [0.717, 1.165) is 16.8 Å². The number of nitrogens with one attached hydrogen (secondary N) is 3. The maximum absolute atomic E-state index is 13.3. The van der Waals surface area contributed by atoms with Gasteiger partial charge in [-0.25, -0.2) is 9.38 Å². The molecule has 7 heteroatoms. The molecule has 2 amide bonds. The lowest BCUT2D eigenvalue weighted by Gasteiger charge is -2.21. The van der Waals surface area contributed by atoms with E-state index in [1.165, 1.54) is 24.3 Å². The number of halogens is 1. The van der Waals surface area contributed by atoms with Crippen molar-refractivity contribution in [1.82, 2.24) is 5.32 Å². The molecule has 3 N–H and O–H groups in total. The van der Waals surface area contributed by atoms with Crippen molar-refractivity contribution in [1.29, 1.82) is 0 Å². The molecule has 0 bridgehead atoms. The van der Waals surface area contributed by atoms with Gasteiger partial charge in [-0.05, 0) is 71.5 Å². The third kappa shape index (κ3) is 5.40. The van der Waals surface area contributed by atoms with Crippen LogP contribution in [0.5, 0.6) is 0 Å². The molecule has 1 heterocycles. The van der Waals surface area contributed by atoms with Gasteiger partial charge in [0.05, 0.1) is 11.6 Å². The van der Waals surface area contributed by atoms with Gasteiger partial charge in [0.1, 0.15) is 5.82 Å². The molecule has 0 aliphatic carbocycles. The van der Waals surface area contributed by atoms with E-state index < -0.39 is 11.7 Å². The monoisotopic (exact) mass is 472 g/mol. The molecule has 6 nitrogen and oxygen atoms in total. The number of fused-ring (bicyclic) bond motifs is 1. The van der Waals surface area contributed by atoms with Gasteiger partial charge in [-0.2, -0.15) is 0 Å². The van der Waals surface area contributed by atoms with Crippen molar-refractivity contribution in [2.24, 2.45) is 4.99 Å². The fraction of sp³-hybridized carbons (Fsp3) is 0.250. The first kappa shape index (κ1) is 24.1. The number of guanidine groups is 1. The van der Waals surface area contributed by atoms with Crippen LogP contribution in [0.25, 0.3) is 0 Å². The van der Waals surface area contributed by atoms with Crippen LogP contribution in [0, 0.1) is 5.82 Å². The van der Waals surface area contributed by atoms with Gasteiger partial charge in [0.15, 0.2) is 0 Å². The van der Waals surface area contributed by atoms with Crippen LogP contribution in [-0.4, -0.2) is 17.8 Å². The third-order valence-corrected chi connectivity index (χ3v) is 5.95. The van der Waals surface area contributed by atoms with Gasteiger partial charge in [-0.1, -0.05) is 45.9 Å². The zero-order valence-electron chi connectivity index (χ0n) is 20.3. The van der Waals surface area contributed by atoms with E-state index in [-0.39, 0.29) is 23.2 Å². The molecular weight excluding hydrogens is 443 g/mol. The summed E-state index contributed by atoms with van der Waals surface area (Å²) in [4.78, 5) is 30.0. The minimum Gasteiger partial charge on any atom is -0.326 e. The van der Waals surface area contributed by atoms with Crippen molar-refractivity contribution < 1.29 is 14.0 Å². The Morgan fingerprint density at radius 3 is 2.46 bits per heavy atom. The number of nitrogens with zero attached hydrogens (tertiary/aromatic N) is 1. The second-order valence-corrected chi connectivity index (χ2v) is 9.57. The molecule has 0 radical (unpaired) electrons. The molecule has 35 heavy (non-hydrogen) atoms. The molecule has 0 saturated carbocycles. The fourth-order valence-corrected chi connectivity index (χ4v) is 4.14. The van der Waals surface area contributed by atoms with Crippen molar-refractivity contribution >= 4 is 34.8 Å². The van der Waals surface area contributed by atoms with Crippen LogP contribution in [0.2, 0.25) is 0 Å². The minimum absolute atomic E-state index is 0.0164. The van der Waals surface area contributed by atoms with E-state index in [2.05, 4.69) is 36.7 Å². The first-order chi connectivity index (χ1) is 16.7. The van der Waals surface area contributed by atoms with Crippen LogP contribution in [-0.2, 0) is 10.2 Å². The Hall–Kier alpha value is -4.00. The predicted octanol–water partition coefficient (Wildman–Crippen LogP) is 6.10. The smallest absolute Gasteiger partial charge is 0.257 e. The van der Waals surface area contributed by atoms with E-state index >= 15 is 0 Å². The lowest BCUT2D eigenvalue weighted by Crippen LogP contribution is -2.36. The van der Waals surface area contributed by atoms with Crippen molar-refractivity contribution in [3.63, 3.8) is 0 Å². The third-order valence-electron chi connectivity index (χ3n) is 5.95.